The van der Waals surface area contributed by atoms with Gasteiger partial charge in [0.1, 0.15) is 23.9 Å². The number of ketones is 1. The van der Waals surface area contributed by atoms with E-state index in [0.717, 1.165) is 53.7 Å². The maximum atomic E-state index is 13.3. The first-order valence-electron chi connectivity index (χ1n) is 13.2. The van der Waals surface area contributed by atoms with Crippen LogP contribution in [0.4, 0.5) is 17.2 Å². The minimum atomic E-state index is -0.679. The summed E-state index contributed by atoms with van der Waals surface area (Å²) >= 11 is 0. The highest BCUT2D eigenvalue weighted by Gasteiger charge is 2.34. The van der Waals surface area contributed by atoms with Crippen LogP contribution in [-0.4, -0.2) is 53.5 Å². The molecular weight excluding hydrogens is 490 g/mol. The number of hydrogen-bond donors (Lipinski definition) is 1. The molecule has 1 atom stereocenters. The molecule has 1 unspecified atom stereocenters. The Labute approximate surface area is 227 Å². The number of aryl methyl sites for hydroxylation is 2. The first kappa shape index (κ1) is 24.7. The van der Waals surface area contributed by atoms with Crippen molar-refractivity contribution in [3.05, 3.63) is 89.9 Å². The second kappa shape index (κ2) is 9.94. The number of ether oxygens (including phenoxy) is 1. The first-order chi connectivity index (χ1) is 18.9. The predicted molar refractivity (Wildman–Crippen MR) is 153 cm³/mol. The summed E-state index contributed by atoms with van der Waals surface area (Å²) in [5.41, 5.74) is 5.45. The second-order valence-corrected chi connectivity index (χ2v) is 10.2. The Balaban J connectivity index is 1.18. The van der Waals surface area contributed by atoms with E-state index in [1.807, 2.05) is 74.5 Å². The minimum Gasteiger partial charge on any atom is -0.489 e. The lowest BCUT2D eigenvalue weighted by Gasteiger charge is -2.46. The molecule has 1 fully saturated rings. The van der Waals surface area contributed by atoms with Crippen molar-refractivity contribution in [1.29, 1.82) is 0 Å². The predicted octanol–water partition coefficient (Wildman–Crippen LogP) is 4.61. The summed E-state index contributed by atoms with van der Waals surface area (Å²) < 4.78 is 7.91. The number of benzene rings is 2. The molecule has 8 heteroatoms. The molecule has 0 spiro atoms. The number of nitrogens with zero attached hydrogens (tertiary/aromatic N) is 4. The van der Waals surface area contributed by atoms with Gasteiger partial charge < -0.3 is 24.4 Å². The van der Waals surface area contributed by atoms with Crippen LogP contribution >= 0.6 is 0 Å². The Hall–Kier alpha value is -4.59. The molecule has 8 nitrogen and oxygen atoms in total. The number of aromatic nitrogens is 2. The van der Waals surface area contributed by atoms with Crippen LogP contribution in [0, 0.1) is 13.8 Å². The minimum absolute atomic E-state index is 0.201. The zero-order chi connectivity index (χ0) is 27.1. The highest BCUT2D eigenvalue weighted by molar-refractivity contribution is 6.47. The molecule has 1 saturated heterocycles. The van der Waals surface area contributed by atoms with Gasteiger partial charge in [-0.2, -0.15) is 0 Å². The van der Waals surface area contributed by atoms with E-state index in [1.54, 1.807) is 17.7 Å². The van der Waals surface area contributed by atoms with Crippen molar-refractivity contribution in [3.8, 4) is 16.9 Å². The molecule has 2 aromatic heterocycles. The fourth-order valence-corrected chi connectivity index (χ4v) is 5.50. The topological polar surface area (TPSA) is 79.7 Å². The van der Waals surface area contributed by atoms with E-state index < -0.39 is 11.7 Å². The third-order valence-electron chi connectivity index (χ3n) is 7.62. The van der Waals surface area contributed by atoms with Crippen LogP contribution < -0.4 is 19.9 Å². The van der Waals surface area contributed by atoms with Gasteiger partial charge in [-0.25, -0.2) is 4.98 Å². The number of fused-ring (bicyclic) bond motifs is 3. The number of carbonyl (C=O) groups excluding carboxylic acids is 2. The zero-order valence-corrected chi connectivity index (χ0v) is 22.3. The van der Waals surface area contributed by atoms with E-state index in [2.05, 4.69) is 26.2 Å². The maximum Gasteiger partial charge on any atom is 0.298 e. The van der Waals surface area contributed by atoms with Crippen LogP contribution in [-0.2, 0) is 11.8 Å². The van der Waals surface area contributed by atoms with Gasteiger partial charge in [-0.3, -0.25) is 9.59 Å². The van der Waals surface area contributed by atoms with E-state index >= 15 is 0 Å². The molecule has 0 aliphatic carbocycles. The van der Waals surface area contributed by atoms with Crippen molar-refractivity contribution in [2.24, 2.45) is 7.05 Å². The van der Waals surface area contributed by atoms with Crippen molar-refractivity contribution in [1.82, 2.24) is 9.55 Å². The van der Waals surface area contributed by atoms with Gasteiger partial charge >= 0.3 is 0 Å². The number of rotatable bonds is 5. The number of amides is 1. The van der Waals surface area contributed by atoms with Gasteiger partial charge in [0, 0.05) is 55.4 Å². The lowest BCUT2D eigenvalue weighted by atomic mass is 10.0. The van der Waals surface area contributed by atoms with E-state index in [-0.39, 0.29) is 6.04 Å². The van der Waals surface area contributed by atoms with Gasteiger partial charge in [-0.05, 0) is 49.7 Å². The van der Waals surface area contributed by atoms with Gasteiger partial charge in [0.15, 0.2) is 0 Å². The van der Waals surface area contributed by atoms with Crippen molar-refractivity contribution >= 4 is 28.9 Å². The quantitative estimate of drug-likeness (QED) is 0.305. The molecule has 0 saturated carbocycles. The first-order valence-corrected chi connectivity index (χ1v) is 13.2. The fourth-order valence-electron chi connectivity index (χ4n) is 5.50. The standard InChI is InChI=1S/C31H31N5O3/c1-20-8-7-11-28(32-20)35-14-15-36-24(18-35)19-39-27-17-23(12-13-26(27)36)33-31(38)30(37)29-25(16-21(2)34(29)3)22-9-5-4-6-10-22/h4-13,16-17,24H,14-15,18-19H2,1-3H3,(H,33,38). The van der Waals surface area contributed by atoms with E-state index in [9.17, 15) is 9.59 Å². The van der Waals surface area contributed by atoms with Crippen LogP contribution in [0.25, 0.3) is 11.1 Å². The maximum absolute atomic E-state index is 13.3. The van der Waals surface area contributed by atoms with Gasteiger partial charge in [-0.1, -0.05) is 36.4 Å². The third-order valence-corrected chi connectivity index (χ3v) is 7.62. The molecule has 2 aliphatic rings. The lowest BCUT2D eigenvalue weighted by Crippen LogP contribution is -2.57. The molecule has 4 aromatic rings. The summed E-state index contributed by atoms with van der Waals surface area (Å²) in [6, 6.07) is 23.5. The van der Waals surface area contributed by atoms with Gasteiger partial charge in [-0.15, -0.1) is 0 Å². The molecule has 198 valence electrons. The number of carbonyl (C=O) groups is 2. The summed E-state index contributed by atoms with van der Waals surface area (Å²) in [5, 5.41) is 2.79. The third kappa shape index (κ3) is 4.63. The molecule has 0 bridgehead atoms. The molecule has 0 radical (unpaired) electrons. The Morgan fingerprint density at radius 3 is 2.59 bits per heavy atom. The van der Waals surface area contributed by atoms with E-state index in [1.165, 1.54) is 0 Å². The van der Waals surface area contributed by atoms with Crippen LogP contribution in [0.1, 0.15) is 21.9 Å². The monoisotopic (exact) mass is 521 g/mol. The fraction of sp³-hybridized carbons (Fsp3) is 0.258. The number of pyridine rings is 1. The molecule has 2 aromatic carbocycles. The Morgan fingerprint density at radius 1 is 0.974 bits per heavy atom. The summed E-state index contributed by atoms with van der Waals surface area (Å²) in [6.07, 6.45) is 0. The van der Waals surface area contributed by atoms with Crippen molar-refractivity contribution in [2.45, 2.75) is 19.9 Å². The Morgan fingerprint density at radius 2 is 1.79 bits per heavy atom. The average Bonchev–Trinajstić information content (AvgIpc) is 3.26. The number of Topliss-reactive ketones (excluding diaryl/α,β-unsaturated/α-hetero) is 1. The van der Waals surface area contributed by atoms with Gasteiger partial charge in [0.25, 0.3) is 11.7 Å². The van der Waals surface area contributed by atoms with E-state index in [4.69, 9.17) is 4.74 Å². The average molecular weight is 522 g/mol. The normalized spacial score (nSPS) is 16.2. The van der Waals surface area contributed by atoms with Crippen LogP contribution in [0.2, 0.25) is 0 Å². The molecule has 4 heterocycles. The highest BCUT2D eigenvalue weighted by Crippen LogP contribution is 2.38. The second-order valence-electron chi connectivity index (χ2n) is 10.2. The number of nitrogens with one attached hydrogen (secondary N) is 1. The van der Waals surface area contributed by atoms with Crippen LogP contribution in [0.5, 0.6) is 5.75 Å². The molecular formula is C31H31N5O3. The van der Waals surface area contributed by atoms with E-state index in [0.29, 0.717) is 23.7 Å². The van der Waals surface area contributed by atoms with Gasteiger partial charge in [0.2, 0.25) is 0 Å². The van der Waals surface area contributed by atoms with Crippen LogP contribution in [0.3, 0.4) is 0 Å². The summed E-state index contributed by atoms with van der Waals surface area (Å²) in [6.45, 7) is 6.99. The van der Waals surface area contributed by atoms with Crippen molar-refractivity contribution in [2.75, 3.05) is 41.4 Å². The number of piperazine rings is 1. The molecule has 39 heavy (non-hydrogen) atoms. The van der Waals surface area contributed by atoms with Gasteiger partial charge in [0.05, 0.1) is 11.7 Å². The number of hydrogen-bond acceptors (Lipinski definition) is 6. The summed E-state index contributed by atoms with van der Waals surface area (Å²) in [4.78, 5) is 35.8. The molecule has 6 rings (SSSR count). The SMILES string of the molecule is Cc1cccc(N2CCN3c4ccc(NC(=O)C(=O)c5c(-c6ccccc6)cc(C)n5C)cc4OCC3C2)n1. The highest BCUT2D eigenvalue weighted by atomic mass is 16.5. The molecule has 2 aliphatic heterocycles. The zero-order valence-electron chi connectivity index (χ0n) is 22.3. The lowest BCUT2D eigenvalue weighted by molar-refractivity contribution is -0.112. The molecule has 1 N–H and O–H groups in total. The smallest absolute Gasteiger partial charge is 0.298 e. The number of anilines is 3. The summed E-state index contributed by atoms with van der Waals surface area (Å²) in [5.74, 6) is 0.440. The summed E-state index contributed by atoms with van der Waals surface area (Å²) in [7, 11) is 1.81. The van der Waals surface area contributed by atoms with Crippen LogP contribution in [0.15, 0.2) is 72.8 Å². The Kier molecular flexibility index (Phi) is 6.30. The molecule has 1 amide bonds. The van der Waals surface area contributed by atoms with Crippen molar-refractivity contribution in [3.63, 3.8) is 0 Å². The largest absolute Gasteiger partial charge is 0.489 e. The van der Waals surface area contributed by atoms with Crippen molar-refractivity contribution < 1.29 is 14.3 Å². The Bertz CT molecular complexity index is 1560.